The van der Waals surface area contributed by atoms with E-state index in [-0.39, 0.29) is 24.0 Å². The fourth-order valence-corrected chi connectivity index (χ4v) is 3.20. The van der Waals surface area contributed by atoms with Crippen LogP contribution in [0.5, 0.6) is 11.5 Å². The van der Waals surface area contributed by atoms with E-state index in [1.807, 2.05) is 18.2 Å². The molecular weight excluding hydrogens is 455 g/mol. The van der Waals surface area contributed by atoms with Crippen molar-refractivity contribution < 1.29 is 9.47 Å². The van der Waals surface area contributed by atoms with Crippen LogP contribution in [0.4, 0.5) is 0 Å². The Hall–Kier alpha value is -1.22. The van der Waals surface area contributed by atoms with Crippen molar-refractivity contribution in [2.24, 2.45) is 10.9 Å². The Morgan fingerprint density at radius 3 is 2.26 bits per heavy atom. The Morgan fingerprint density at radius 2 is 1.78 bits per heavy atom. The first kappa shape index (κ1) is 25.8. The Kier molecular flexibility index (Phi) is 13.2. The zero-order chi connectivity index (χ0) is 19.5. The second-order valence-electron chi connectivity index (χ2n) is 6.59. The maximum absolute atomic E-state index is 5.46. The summed E-state index contributed by atoms with van der Waals surface area (Å²) in [4.78, 5) is 6.64. The molecule has 1 unspecified atom stereocenters. The van der Waals surface area contributed by atoms with Crippen molar-refractivity contribution in [3.8, 4) is 11.5 Å². The summed E-state index contributed by atoms with van der Waals surface area (Å²) in [6.45, 7) is 6.00. The van der Waals surface area contributed by atoms with Crippen LogP contribution in [-0.4, -0.2) is 58.8 Å². The molecule has 0 saturated carbocycles. The molecule has 6 nitrogen and oxygen atoms in total. The smallest absolute Gasteiger partial charge is 0.191 e. The normalized spacial score (nSPS) is 12.6. The highest BCUT2D eigenvalue weighted by atomic mass is 127. The van der Waals surface area contributed by atoms with Gasteiger partial charge < -0.3 is 25.0 Å². The zero-order valence-electron chi connectivity index (χ0n) is 17.8. The lowest BCUT2D eigenvalue weighted by Crippen LogP contribution is -2.47. The van der Waals surface area contributed by atoms with Gasteiger partial charge in [0.25, 0.3) is 0 Å². The Labute approximate surface area is 182 Å². The van der Waals surface area contributed by atoms with Gasteiger partial charge in [-0.3, -0.25) is 4.99 Å². The second kappa shape index (κ2) is 13.9. The van der Waals surface area contributed by atoms with E-state index in [4.69, 9.17) is 9.47 Å². The molecule has 156 valence electrons. The van der Waals surface area contributed by atoms with Gasteiger partial charge in [-0.2, -0.15) is 0 Å². The minimum atomic E-state index is 0. The highest BCUT2D eigenvalue weighted by Crippen LogP contribution is 2.24. The standard InChI is InChI=1S/C20H36N4O2.HI/c1-8-15(9-2)18(24(4)5)14-23-20(21-3)22-13-16-10-11-17(25-6)12-19(16)26-7;/h10-12,15,18H,8-9,13-14H2,1-7H3,(H2,21,22,23);1H. The molecule has 0 saturated heterocycles. The molecule has 1 aromatic rings. The van der Waals surface area contributed by atoms with Gasteiger partial charge in [-0.15, -0.1) is 24.0 Å². The molecule has 0 bridgehead atoms. The van der Waals surface area contributed by atoms with E-state index in [2.05, 4.69) is 48.5 Å². The van der Waals surface area contributed by atoms with Crippen LogP contribution >= 0.6 is 24.0 Å². The Bertz CT molecular complexity index is 563. The molecule has 0 aliphatic rings. The zero-order valence-corrected chi connectivity index (χ0v) is 20.2. The van der Waals surface area contributed by atoms with Crippen LogP contribution in [0, 0.1) is 5.92 Å². The molecule has 0 amide bonds. The number of halogens is 1. The van der Waals surface area contributed by atoms with Crippen LogP contribution in [-0.2, 0) is 6.54 Å². The predicted octanol–water partition coefficient (Wildman–Crippen LogP) is 3.35. The average molecular weight is 492 g/mol. The molecule has 0 heterocycles. The van der Waals surface area contributed by atoms with E-state index in [9.17, 15) is 0 Å². The summed E-state index contributed by atoms with van der Waals surface area (Å²) in [5, 5.41) is 6.83. The molecule has 0 spiro atoms. The van der Waals surface area contributed by atoms with Crippen molar-refractivity contribution in [1.29, 1.82) is 0 Å². The van der Waals surface area contributed by atoms with Gasteiger partial charge in [-0.1, -0.05) is 26.7 Å². The first-order chi connectivity index (χ1) is 12.5. The van der Waals surface area contributed by atoms with Crippen LogP contribution in [0.1, 0.15) is 32.3 Å². The molecule has 1 aromatic carbocycles. The number of benzene rings is 1. The number of likely N-dealkylation sites (N-methyl/N-ethyl adjacent to an activating group) is 1. The van der Waals surface area contributed by atoms with E-state index in [0.29, 0.717) is 18.5 Å². The van der Waals surface area contributed by atoms with Gasteiger partial charge in [-0.05, 0) is 32.1 Å². The molecule has 1 rings (SSSR count). The van der Waals surface area contributed by atoms with Gasteiger partial charge in [0.05, 0.1) is 14.2 Å². The second-order valence-corrected chi connectivity index (χ2v) is 6.59. The number of guanidine groups is 1. The Balaban J connectivity index is 0.00000676. The monoisotopic (exact) mass is 492 g/mol. The molecular formula is C20H37IN4O2. The number of hydrogen-bond acceptors (Lipinski definition) is 4. The highest BCUT2D eigenvalue weighted by molar-refractivity contribution is 14.0. The van der Waals surface area contributed by atoms with Crippen molar-refractivity contribution in [1.82, 2.24) is 15.5 Å². The first-order valence-corrected chi connectivity index (χ1v) is 9.32. The van der Waals surface area contributed by atoms with Gasteiger partial charge in [0.1, 0.15) is 11.5 Å². The van der Waals surface area contributed by atoms with Crippen molar-refractivity contribution in [2.75, 3.05) is 41.9 Å². The minimum Gasteiger partial charge on any atom is -0.497 e. The summed E-state index contributed by atoms with van der Waals surface area (Å²) < 4.78 is 10.7. The summed E-state index contributed by atoms with van der Waals surface area (Å²) in [6, 6.07) is 6.30. The van der Waals surface area contributed by atoms with Crippen LogP contribution < -0.4 is 20.1 Å². The summed E-state index contributed by atoms with van der Waals surface area (Å²) in [5.41, 5.74) is 1.06. The Morgan fingerprint density at radius 1 is 1.11 bits per heavy atom. The topological polar surface area (TPSA) is 58.1 Å². The lowest BCUT2D eigenvalue weighted by atomic mass is 9.93. The molecule has 27 heavy (non-hydrogen) atoms. The number of rotatable bonds is 10. The fourth-order valence-electron chi connectivity index (χ4n) is 3.20. The molecule has 7 heteroatoms. The lowest BCUT2D eigenvalue weighted by molar-refractivity contribution is 0.200. The van der Waals surface area contributed by atoms with E-state index in [1.165, 1.54) is 12.8 Å². The van der Waals surface area contributed by atoms with E-state index >= 15 is 0 Å². The number of nitrogens with one attached hydrogen (secondary N) is 2. The lowest BCUT2D eigenvalue weighted by Gasteiger charge is -2.32. The highest BCUT2D eigenvalue weighted by Gasteiger charge is 2.20. The van der Waals surface area contributed by atoms with Crippen LogP contribution in [0.2, 0.25) is 0 Å². The average Bonchev–Trinajstić information content (AvgIpc) is 2.66. The van der Waals surface area contributed by atoms with Gasteiger partial charge in [0, 0.05) is 37.8 Å². The largest absolute Gasteiger partial charge is 0.497 e. The molecule has 0 aliphatic heterocycles. The van der Waals surface area contributed by atoms with E-state index in [0.717, 1.165) is 29.6 Å². The van der Waals surface area contributed by atoms with Gasteiger partial charge in [0.2, 0.25) is 0 Å². The summed E-state index contributed by atoms with van der Waals surface area (Å²) in [6.07, 6.45) is 2.35. The fraction of sp³-hybridized carbons (Fsp3) is 0.650. The summed E-state index contributed by atoms with van der Waals surface area (Å²) in [7, 11) is 9.40. The van der Waals surface area contributed by atoms with Gasteiger partial charge >= 0.3 is 0 Å². The van der Waals surface area contributed by atoms with Crippen molar-refractivity contribution in [2.45, 2.75) is 39.3 Å². The number of nitrogens with zero attached hydrogens (tertiary/aromatic N) is 2. The molecule has 1 atom stereocenters. The van der Waals surface area contributed by atoms with Crippen LogP contribution in [0.3, 0.4) is 0 Å². The molecule has 0 radical (unpaired) electrons. The van der Waals surface area contributed by atoms with Crippen molar-refractivity contribution >= 4 is 29.9 Å². The van der Waals surface area contributed by atoms with Crippen molar-refractivity contribution in [3.05, 3.63) is 23.8 Å². The van der Waals surface area contributed by atoms with Crippen LogP contribution in [0.25, 0.3) is 0 Å². The number of aliphatic imine (C=N–C) groups is 1. The minimum absolute atomic E-state index is 0. The summed E-state index contributed by atoms with van der Waals surface area (Å²) in [5.74, 6) is 3.04. The molecule has 0 aromatic heterocycles. The number of ether oxygens (including phenoxy) is 2. The maximum Gasteiger partial charge on any atom is 0.191 e. The molecule has 0 fully saturated rings. The number of methoxy groups -OCH3 is 2. The van der Waals surface area contributed by atoms with E-state index in [1.54, 1.807) is 21.3 Å². The third-order valence-electron chi connectivity index (χ3n) is 4.90. The maximum atomic E-state index is 5.46. The van der Waals surface area contributed by atoms with Crippen molar-refractivity contribution in [3.63, 3.8) is 0 Å². The van der Waals surface area contributed by atoms with E-state index < -0.39 is 0 Å². The summed E-state index contributed by atoms with van der Waals surface area (Å²) >= 11 is 0. The van der Waals surface area contributed by atoms with Crippen LogP contribution in [0.15, 0.2) is 23.2 Å². The quantitative estimate of drug-likeness (QED) is 0.298. The predicted molar refractivity (Wildman–Crippen MR) is 125 cm³/mol. The first-order valence-electron chi connectivity index (χ1n) is 9.32. The third kappa shape index (κ3) is 8.13. The SMILES string of the molecule is CCC(CC)C(CNC(=NC)NCc1ccc(OC)cc1OC)N(C)C.I. The number of hydrogen-bond donors (Lipinski definition) is 2. The van der Waals surface area contributed by atoms with Gasteiger partial charge in [0.15, 0.2) is 5.96 Å². The third-order valence-corrected chi connectivity index (χ3v) is 4.90. The molecule has 0 aliphatic carbocycles. The van der Waals surface area contributed by atoms with Gasteiger partial charge in [-0.25, -0.2) is 0 Å². The molecule has 2 N–H and O–H groups in total.